The van der Waals surface area contributed by atoms with Gasteiger partial charge in [-0.05, 0) is 12.0 Å². The van der Waals surface area contributed by atoms with Gasteiger partial charge in [-0.1, -0.05) is 42.4 Å². The number of anilines is 1. The summed E-state index contributed by atoms with van der Waals surface area (Å²) in [7, 11) is 0. The highest BCUT2D eigenvalue weighted by atomic mass is 16.5. The molecule has 1 atom stereocenters. The molecule has 0 aliphatic heterocycles. The Morgan fingerprint density at radius 2 is 2.12 bits per heavy atom. The van der Waals surface area contributed by atoms with Crippen LogP contribution in [0.5, 0.6) is 0 Å². The summed E-state index contributed by atoms with van der Waals surface area (Å²) in [6.07, 6.45) is 2.17. The molecule has 0 radical (unpaired) electrons. The van der Waals surface area contributed by atoms with Crippen molar-refractivity contribution in [1.82, 2.24) is 5.16 Å². The molecule has 1 aromatic carbocycles. The quantitative estimate of drug-likeness (QED) is 0.878. The summed E-state index contributed by atoms with van der Waals surface area (Å²) in [5, 5.41) is 6.39. The maximum atomic E-state index is 12.0. The lowest BCUT2D eigenvalue weighted by molar-refractivity contribution is -0.117. The van der Waals surface area contributed by atoms with E-state index in [2.05, 4.69) is 15.0 Å². The summed E-state index contributed by atoms with van der Waals surface area (Å²) in [4.78, 5) is 12.0. The van der Waals surface area contributed by atoms with Crippen LogP contribution in [0.4, 0.5) is 5.82 Å². The summed E-state index contributed by atoms with van der Waals surface area (Å²) >= 11 is 0. The van der Waals surface area contributed by atoms with Crippen molar-refractivity contribution in [3.05, 3.63) is 48.2 Å². The van der Waals surface area contributed by atoms with Gasteiger partial charge in [-0.3, -0.25) is 4.79 Å². The molecule has 0 spiro atoms. The highest BCUT2D eigenvalue weighted by molar-refractivity contribution is 5.94. The van der Waals surface area contributed by atoms with Gasteiger partial charge in [0.15, 0.2) is 5.82 Å². The summed E-state index contributed by atoms with van der Waals surface area (Å²) < 4.78 is 4.67. The van der Waals surface area contributed by atoms with Crippen molar-refractivity contribution in [1.29, 1.82) is 0 Å². The molecule has 0 unspecified atom stereocenters. The highest BCUT2D eigenvalue weighted by Crippen LogP contribution is 2.20. The SMILES string of the molecule is CC[C@@H](C(=O)Nc1ccon1)c1ccccc1. The number of hydrogen-bond acceptors (Lipinski definition) is 3. The molecule has 2 rings (SSSR count). The van der Waals surface area contributed by atoms with Crippen LogP contribution in [0.25, 0.3) is 0 Å². The van der Waals surface area contributed by atoms with E-state index in [1.54, 1.807) is 6.07 Å². The fourth-order valence-corrected chi connectivity index (χ4v) is 1.75. The molecule has 0 aliphatic carbocycles. The molecule has 0 saturated carbocycles. The Morgan fingerprint density at radius 3 is 2.71 bits per heavy atom. The fraction of sp³-hybridized carbons (Fsp3) is 0.231. The van der Waals surface area contributed by atoms with Gasteiger partial charge >= 0.3 is 0 Å². The molecule has 0 bridgehead atoms. The Morgan fingerprint density at radius 1 is 1.35 bits per heavy atom. The molecule has 0 saturated heterocycles. The second-order valence-corrected chi connectivity index (χ2v) is 3.75. The first kappa shape index (κ1) is 11.4. The van der Waals surface area contributed by atoms with Crippen molar-refractivity contribution in [3.63, 3.8) is 0 Å². The molecule has 17 heavy (non-hydrogen) atoms. The lowest BCUT2D eigenvalue weighted by Gasteiger charge is -2.13. The third-order valence-corrected chi connectivity index (χ3v) is 2.62. The standard InChI is InChI=1S/C13H14N2O2/c1-2-11(10-6-4-3-5-7-10)13(16)14-12-8-9-17-15-12/h3-9,11H,2H2,1H3,(H,14,15,16)/t11-/m1/s1. The van der Waals surface area contributed by atoms with Gasteiger partial charge in [0.2, 0.25) is 5.91 Å². The second kappa shape index (κ2) is 5.30. The zero-order valence-electron chi connectivity index (χ0n) is 9.59. The van der Waals surface area contributed by atoms with Crippen molar-refractivity contribution < 1.29 is 9.32 Å². The predicted octanol–water partition coefficient (Wildman–Crippen LogP) is 2.81. The second-order valence-electron chi connectivity index (χ2n) is 3.75. The largest absolute Gasteiger partial charge is 0.363 e. The van der Waals surface area contributed by atoms with Gasteiger partial charge in [-0.2, -0.15) is 0 Å². The number of aromatic nitrogens is 1. The monoisotopic (exact) mass is 230 g/mol. The topological polar surface area (TPSA) is 55.1 Å². The average Bonchev–Trinajstić information content (AvgIpc) is 2.84. The average molecular weight is 230 g/mol. The van der Waals surface area contributed by atoms with Crippen molar-refractivity contribution in [3.8, 4) is 0 Å². The van der Waals surface area contributed by atoms with Crippen molar-refractivity contribution in [2.24, 2.45) is 0 Å². The molecule has 2 aromatic rings. The van der Waals surface area contributed by atoms with Gasteiger partial charge in [-0.15, -0.1) is 0 Å². The fourth-order valence-electron chi connectivity index (χ4n) is 1.75. The van der Waals surface area contributed by atoms with Gasteiger partial charge in [-0.25, -0.2) is 0 Å². The van der Waals surface area contributed by atoms with Gasteiger partial charge in [0.25, 0.3) is 0 Å². The maximum absolute atomic E-state index is 12.0. The first-order valence-electron chi connectivity index (χ1n) is 5.57. The van der Waals surface area contributed by atoms with Gasteiger partial charge in [0.1, 0.15) is 6.26 Å². The Labute approximate surface area is 99.6 Å². The first-order valence-corrected chi connectivity index (χ1v) is 5.57. The lowest BCUT2D eigenvalue weighted by atomic mass is 9.96. The van der Waals surface area contributed by atoms with Gasteiger partial charge in [0, 0.05) is 6.07 Å². The van der Waals surface area contributed by atoms with E-state index < -0.39 is 0 Å². The van der Waals surface area contributed by atoms with Crippen LogP contribution in [-0.2, 0) is 4.79 Å². The van der Waals surface area contributed by atoms with E-state index in [0.29, 0.717) is 5.82 Å². The normalized spacial score (nSPS) is 12.1. The predicted molar refractivity (Wildman–Crippen MR) is 64.6 cm³/mol. The maximum Gasteiger partial charge on any atom is 0.233 e. The minimum Gasteiger partial charge on any atom is -0.363 e. The minimum atomic E-state index is -0.159. The molecule has 88 valence electrons. The van der Waals surface area contributed by atoms with Crippen molar-refractivity contribution in [2.45, 2.75) is 19.3 Å². The molecule has 1 aromatic heterocycles. The molecular weight excluding hydrogens is 216 g/mol. The van der Waals surface area contributed by atoms with E-state index in [4.69, 9.17) is 0 Å². The molecule has 1 amide bonds. The third kappa shape index (κ3) is 2.72. The zero-order valence-corrected chi connectivity index (χ0v) is 9.59. The first-order chi connectivity index (χ1) is 8.31. The molecular formula is C13H14N2O2. The van der Waals surface area contributed by atoms with E-state index in [-0.39, 0.29) is 11.8 Å². The van der Waals surface area contributed by atoms with E-state index >= 15 is 0 Å². The summed E-state index contributed by atoms with van der Waals surface area (Å²) in [6, 6.07) is 11.3. The smallest absolute Gasteiger partial charge is 0.233 e. The van der Waals surface area contributed by atoms with E-state index in [1.165, 1.54) is 6.26 Å². The van der Waals surface area contributed by atoms with Crippen LogP contribution in [0.15, 0.2) is 47.2 Å². The van der Waals surface area contributed by atoms with Crippen molar-refractivity contribution >= 4 is 11.7 Å². The van der Waals surface area contributed by atoms with E-state index in [0.717, 1.165) is 12.0 Å². The number of amides is 1. The van der Waals surface area contributed by atoms with Crippen LogP contribution in [-0.4, -0.2) is 11.1 Å². The number of nitrogens with zero attached hydrogens (tertiary/aromatic N) is 1. The third-order valence-electron chi connectivity index (χ3n) is 2.62. The number of carbonyl (C=O) groups is 1. The number of hydrogen-bond donors (Lipinski definition) is 1. The van der Waals surface area contributed by atoms with Crippen LogP contribution in [0, 0.1) is 0 Å². The number of carbonyl (C=O) groups excluding carboxylic acids is 1. The Bertz CT molecular complexity index is 465. The summed E-state index contributed by atoms with van der Waals surface area (Å²) in [5.41, 5.74) is 1.01. The van der Waals surface area contributed by atoms with Crippen molar-refractivity contribution in [2.75, 3.05) is 5.32 Å². The Kier molecular flexibility index (Phi) is 3.55. The lowest BCUT2D eigenvalue weighted by Crippen LogP contribution is -2.20. The minimum absolute atomic E-state index is 0.0624. The summed E-state index contributed by atoms with van der Waals surface area (Å²) in [5.74, 6) is 0.227. The van der Waals surface area contributed by atoms with Crippen LogP contribution < -0.4 is 5.32 Å². The van der Waals surface area contributed by atoms with Crippen LogP contribution in [0.2, 0.25) is 0 Å². The van der Waals surface area contributed by atoms with Gasteiger partial charge < -0.3 is 9.84 Å². The summed E-state index contributed by atoms with van der Waals surface area (Å²) in [6.45, 7) is 1.99. The van der Waals surface area contributed by atoms with Crippen LogP contribution in [0.1, 0.15) is 24.8 Å². The molecule has 4 heteroatoms. The number of benzene rings is 1. The highest BCUT2D eigenvalue weighted by Gasteiger charge is 2.18. The van der Waals surface area contributed by atoms with E-state index in [9.17, 15) is 4.79 Å². The Balaban J connectivity index is 2.11. The number of nitrogens with one attached hydrogen (secondary N) is 1. The Hall–Kier alpha value is -2.10. The van der Waals surface area contributed by atoms with Crippen LogP contribution >= 0.6 is 0 Å². The van der Waals surface area contributed by atoms with Gasteiger partial charge in [0.05, 0.1) is 5.92 Å². The zero-order chi connectivity index (χ0) is 12.1. The molecule has 0 aliphatic rings. The molecule has 1 heterocycles. The molecule has 0 fully saturated rings. The van der Waals surface area contributed by atoms with E-state index in [1.807, 2.05) is 37.3 Å². The van der Waals surface area contributed by atoms with Crippen LogP contribution in [0.3, 0.4) is 0 Å². The number of rotatable bonds is 4. The molecule has 1 N–H and O–H groups in total. The molecule has 4 nitrogen and oxygen atoms in total.